The van der Waals surface area contributed by atoms with Crippen LogP contribution < -0.4 is 10.6 Å². The van der Waals surface area contributed by atoms with Gasteiger partial charge in [0.05, 0.1) is 13.4 Å². The van der Waals surface area contributed by atoms with Crippen molar-refractivity contribution in [1.82, 2.24) is 10.6 Å². The molecule has 6 heavy (non-hydrogen) atoms. The fraction of sp³-hybridized carbons (Fsp3) is 1.00. The summed E-state index contributed by atoms with van der Waals surface area (Å²) in [4.78, 5) is 0. The highest BCUT2D eigenvalue weighted by Gasteiger charge is 1.92. The zero-order chi connectivity index (χ0) is 4.24. The van der Waals surface area contributed by atoms with Gasteiger partial charge in [0.2, 0.25) is 0 Å². The van der Waals surface area contributed by atoms with Crippen molar-refractivity contribution in [2.24, 2.45) is 0 Å². The molecule has 1 saturated heterocycles. The van der Waals surface area contributed by atoms with Crippen molar-refractivity contribution in [3.05, 3.63) is 0 Å². The maximum absolute atomic E-state index is 4.79. The van der Waals surface area contributed by atoms with Crippen LogP contribution in [0, 0.1) is 0 Å². The highest BCUT2D eigenvalue weighted by atomic mass is 16.5. The number of hydrogen-bond donors (Lipinski definition) is 1. The van der Waals surface area contributed by atoms with Gasteiger partial charge in [-0.3, -0.25) is 5.32 Å². The van der Waals surface area contributed by atoms with E-state index in [1.165, 1.54) is 0 Å². The molecule has 0 aromatic heterocycles. The predicted molar refractivity (Wildman–Crippen MR) is 21.0 cm³/mol. The number of nitrogens with one attached hydrogen (secondary N) is 1. The lowest BCUT2D eigenvalue weighted by Crippen LogP contribution is -2.34. The van der Waals surface area contributed by atoms with Gasteiger partial charge in [-0.1, -0.05) is 0 Å². The molecule has 0 saturated carbocycles. The lowest BCUT2D eigenvalue weighted by atomic mass is 10.9. The molecule has 1 radical (unpaired) electrons. The van der Waals surface area contributed by atoms with Gasteiger partial charge >= 0.3 is 0 Å². The maximum atomic E-state index is 4.79. The minimum absolute atomic E-state index is 0.562. The van der Waals surface area contributed by atoms with Crippen LogP contribution in [0.25, 0.3) is 0 Å². The van der Waals surface area contributed by atoms with Gasteiger partial charge in [-0.2, -0.15) is 5.32 Å². The molecule has 1 fully saturated rings. The molecule has 0 aromatic carbocycles. The monoisotopic (exact) mass is 87.1 g/mol. The van der Waals surface area contributed by atoms with Gasteiger partial charge < -0.3 is 4.74 Å². The van der Waals surface area contributed by atoms with E-state index >= 15 is 0 Å². The molecule has 0 spiro atoms. The summed E-state index contributed by atoms with van der Waals surface area (Å²) in [5, 5.41) is 6.74. The molecule has 0 aromatic rings. The van der Waals surface area contributed by atoms with Gasteiger partial charge in [-0.25, -0.2) is 0 Å². The number of hydrogen-bond acceptors (Lipinski definition) is 2. The Labute approximate surface area is 36.7 Å². The smallest absolute Gasteiger partial charge is 0.115 e. The molecule has 1 aliphatic rings. The summed E-state index contributed by atoms with van der Waals surface area (Å²) < 4.78 is 4.79. The van der Waals surface area contributed by atoms with E-state index in [4.69, 9.17) is 4.74 Å². The third kappa shape index (κ3) is 0.931. The average Bonchev–Trinajstić information content (AvgIpc) is 1.72. The number of rotatable bonds is 0. The van der Waals surface area contributed by atoms with Gasteiger partial charge in [0.1, 0.15) is 6.73 Å². The zero-order valence-electron chi connectivity index (χ0n) is 3.48. The first-order valence-electron chi connectivity index (χ1n) is 1.92. The van der Waals surface area contributed by atoms with Gasteiger partial charge in [0.25, 0.3) is 0 Å². The van der Waals surface area contributed by atoms with E-state index in [0.29, 0.717) is 13.5 Å². The summed E-state index contributed by atoms with van der Waals surface area (Å²) in [6.07, 6.45) is 0. The molecule has 35 valence electrons. The van der Waals surface area contributed by atoms with Crippen LogP contribution in [0.4, 0.5) is 0 Å². The van der Waals surface area contributed by atoms with Crippen molar-refractivity contribution >= 4 is 0 Å². The van der Waals surface area contributed by atoms with E-state index in [1.54, 1.807) is 0 Å². The van der Waals surface area contributed by atoms with Crippen LogP contribution in [0.5, 0.6) is 0 Å². The normalized spacial score (nSPS) is 24.0. The van der Waals surface area contributed by atoms with E-state index in [2.05, 4.69) is 10.6 Å². The molecule has 1 rings (SSSR count). The Kier molecular flexibility index (Phi) is 1.43. The van der Waals surface area contributed by atoms with E-state index < -0.39 is 0 Å². The molecular formula is C3H7N2O. The molecule has 0 bridgehead atoms. The minimum Gasteiger partial charge on any atom is -0.350 e. The predicted octanol–water partition coefficient (Wildman–Crippen LogP) is -0.917. The SMILES string of the molecule is C1[N]COCN1. The van der Waals surface area contributed by atoms with Crippen LogP contribution in [-0.4, -0.2) is 20.1 Å². The standard InChI is InChI=1S/C3H7N2O/c1-4-2-6-3-5-1/h4H,1-3H2. The molecule has 0 amide bonds. The largest absolute Gasteiger partial charge is 0.350 e. The zero-order valence-corrected chi connectivity index (χ0v) is 3.48. The molecule has 1 aliphatic heterocycles. The second-order valence-electron chi connectivity index (χ2n) is 1.11. The lowest BCUT2D eigenvalue weighted by molar-refractivity contribution is 0.0612. The van der Waals surface area contributed by atoms with Crippen LogP contribution in [-0.2, 0) is 4.74 Å². The summed E-state index contributed by atoms with van der Waals surface area (Å²) in [7, 11) is 0. The summed E-state index contributed by atoms with van der Waals surface area (Å²) >= 11 is 0. The second-order valence-corrected chi connectivity index (χ2v) is 1.11. The molecule has 1 heterocycles. The van der Waals surface area contributed by atoms with E-state index in [0.717, 1.165) is 6.67 Å². The number of nitrogens with zero attached hydrogens (tertiary/aromatic N) is 1. The van der Waals surface area contributed by atoms with Crippen LogP contribution in [0.2, 0.25) is 0 Å². The first kappa shape index (κ1) is 4.05. The molecular weight excluding hydrogens is 80.0 g/mol. The molecule has 1 N–H and O–H groups in total. The Hall–Kier alpha value is -0.120. The quantitative estimate of drug-likeness (QED) is 0.415. The van der Waals surface area contributed by atoms with Crippen LogP contribution in [0.15, 0.2) is 0 Å². The Bertz CT molecular complexity index is 24.3. The molecule has 0 atom stereocenters. The van der Waals surface area contributed by atoms with Crippen molar-refractivity contribution in [3.63, 3.8) is 0 Å². The van der Waals surface area contributed by atoms with Crippen molar-refractivity contribution in [1.29, 1.82) is 0 Å². The molecule has 3 nitrogen and oxygen atoms in total. The van der Waals surface area contributed by atoms with Crippen LogP contribution >= 0.6 is 0 Å². The van der Waals surface area contributed by atoms with Crippen molar-refractivity contribution < 1.29 is 4.74 Å². The highest BCUT2D eigenvalue weighted by molar-refractivity contribution is 4.38. The lowest BCUT2D eigenvalue weighted by Gasteiger charge is -2.10. The topological polar surface area (TPSA) is 35.4 Å². The Morgan fingerprint density at radius 3 is 2.83 bits per heavy atom. The molecule has 0 aliphatic carbocycles. The van der Waals surface area contributed by atoms with Gasteiger partial charge in [-0.15, -0.1) is 0 Å². The Morgan fingerprint density at radius 2 is 2.67 bits per heavy atom. The van der Waals surface area contributed by atoms with Gasteiger partial charge in [0.15, 0.2) is 0 Å². The maximum Gasteiger partial charge on any atom is 0.115 e. The van der Waals surface area contributed by atoms with Crippen LogP contribution in [0.3, 0.4) is 0 Å². The van der Waals surface area contributed by atoms with Gasteiger partial charge in [0, 0.05) is 0 Å². The minimum atomic E-state index is 0.562. The van der Waals surface area contributed by atoms with E-state index in [-0.39, 0.29) is 0 Å². The summed E-state index contributed by atoms with van der Waals surface area (Å²) in [6, 6.07) is 0. The van der Waals surface area contributed by atoms with Crippen molar-refractivity contribution in [3.8, 4) is 0 Å². The number of ether oxygens (including phenoxy) is 1. The third-order valence-corrected chi connectivity index (χ3v) is 0.610. The molecule has 3 heteroatoms. The Balaban J connectivity index is 2.00. The summed E-state index contributed by atoms with van der Waals surface area (Å²) in [5.41, 5.74) is 0. The first-order valence-corrected chi connectivity index (χ1v) is 1.92. The Morgan fingerprint density at radius 1 is 1.67 bits per heavy atom. The highest BCUT2D eigenvalue weighted by Crippen LogP contribution is 1.72. The second kappa shape index (κ2) is 2.12. The van der Waals surface area contributed by atoms with E-state index in [9.17, 15) is 0 Å². The summed E-state index contributed by atoms with van der Waals surface area (Å²) in [5.74, 6) is 0. The van der Waals surface area contributed by atoms with Crippen LogP contribution in [0.1, 0.15) is 0 Å². The summed E-state index contributed by atoms with van der Waals surface area (Å²) in [6.45, 7) is 1.97. The third-order valence-electron chi connectivity index (χ3n) is 0.610. The average molecular weight is 87.1 g/mol. The van der Waals surface area contributed by atoms with E-state index in [1.807, 2.05) is 0 Å². The first-order chi connectivity index (χ1) is 3.00. The fourth-order valence-electron chi connectivity index (χ4n) is 0.353. The molecule has 0 unspecified atom stereocenters. The van der Waals surface area contributed by atoms with Crippen molar-refractivity contribution in [2.75, 3.05) is 20.1 Å². The van der Waals surface area contributed by atoms with Crippen molar-refractivity contribution in [2.45, 2.75) is 0 Å². The van der Waals surface area contributed by atoms with Gasteiger partial charge in [-0.05, 0) is 0 Å². The fourth-order valence-corrected chi connectivity index (χ4v) is 0.353.